The van der Waals surface area contributed by atoms with Crippen LogP contribution in [-0.2, 0) is 16.6 Å². The third-order valence-electron chi connectivity index (χ3n) is 2.07. The van der Waals surface area contributed by atoms with Crippen molar-refractivity contribution < 1.29 is 27.5 Å². The quantitative estimate of drug-likeness (QED) is 0.324. The third kappa shape index (κ3) is 12.6. The van der Waals surface area contributed by atoms with Gasteiger partial charge in [-0.05, 0) is 23.0 Å². The first-order chi connectivity index (χ1) is 9.26. The van der Waals surface area contributed by atoms with Crippen molar-refractivity contribution >= 4 is 30.8 Å². The zero-order valence-corrected chi connectivity index (χ0v) is 12.4. The molecule has 0 aliphatic carbocycles. The Kier molecular flexibility index (Phi) is 10.2. The summed E-state index contributed by atoms with van der Waals surface area (Å²) in [7, 11) is -5.91. The Labute approximate surface area is 124 Å². The highest BCUT2D eigenvalue weighted by molar-refractivity contribution is 7.96. The minimum Gasteiger partial charge on any atom is -0.418 e. The SMILES string of the molecule is F[B-](F)(F)F.OCC[S+](CCO)Cc1ccc(S)cc1. The van der Waals surface area contributed by atoms with E-state index in [1.165, 1.54) is 5.56 Å². The molecule has 20 heavy (non-hydrogen) atoms. The Balaban J connectivity index is 0.000000621. The normalized spacial score (nSPS) is 11.2. The zero-order chi connectivity index (χ0) is 15.6. The third-order valence-corrected chi connectivity index (χ3v) is 4.63. The van der Waals surface area contributed by atoms with Crippen LogP contribution in [0, 0.1) is 0 Å². The van der Waals surface area contributed by atoms with Crippen molar-refractivity contribution in [2.24, 2.45) is 0 Å². The number of thiol groups is 1. The van der Waals surface area contributed by atoms with E-state index >= 15 is 0 Å². The summed E-state index contributed by atoms with van der Waals surface area (Å²) >= 11 is 4.23. The van der Waals surface area contributed by atoms with Gasteiger partial charge in [0.05, 0.1) is 13.2 Å². The fraction of sp³-hybridized carbons (Fsp3) is 0.455. The monoisotopic (exact) mass is 332 g/mol. The number of hydrogen-bond donors (Lipinski definition) is 3. The second-order valence-electron chi connectivity index (χ2n) is 3.77. The molecule has 0 saturated carbocycles. The number of halogens is 4. The molecule has 0 spiro atoms. The van der Waals surface area contributed by atoms with Crippen molar-refractivity contribution in [3.63, 3.8) is 0 Å². The fourth-order valence-electron chi connectivity index (χ4n) is 1.33. The predicted molar refractivity (Wildman–Crippen MR) is 78.9 cm³/mol. The van der Waals surface area contributed by atoms with Gasteiger partial charge in [0.25, 0.3) is 0 Å². The van der Waals surface area contributed by atoms with E-state index in [9.17, 15) is 17.3 Å². The maximum Gasteiger partial charge on any atom is 0.673 e. The standard InChI is InChI=1S/C11H16O2S2.BF4/c12-5-7-15(8-6-13)9-10-1-3-11(14)4-2-10;2-1(3,4)5/h1-4,12-13H,5-9H2;/q;-1/p+1. The molecule has 9 heteroatoms. The van der Waals surface area contributed by atoms with Crippen LogP contribution in [0.2, 0.25) is 0 Å². The van der Waals surface area contributed by atoms with E-state index in [2.05, 4.69) is 24.8 Å². The highest BCUT2D eigenvalue weighted by Crippen LogP contribution is 2.12. The number of benzene rings is 1. The molecule has 0 unspecified atom stereocenters. The highest BCUT2D eigenvalue weighted by atomic mass is 32.2. The van der Waals surface area contributed by atoms with Crippen LogP contribution < -0.4 is 0 Å². The summed E-state index contributed by atoms with van der Waals surface area (Å²) in [6.07, 6.45) is 0. The lowest BCUT2D eigenvalue weighted by molar-refractivity contribution is 0.316. The van der Waals surface area contributed by atoms with Gasteiger partial charge in [-0.25, -0.2) is 0 Å². The van der Waals surface area contributed by atoms with Crippen LogP contribution >= 0.6 is 12.6 Å². The average molecular weight is 332 g/mol. The highest BCUT2D eigenvalue weighted by Gasteiger charge is 2.20. The van der Waals surface area contributed by atoms with Crippen LogP contribution in [0.5, 0.6) is 0 Å². The molecule has 0 fully saturated rings. The van der Waals surface area contributed by atoms with Crippen molar-refractivity contribution in [1.82, 2.24) is 0 Å². The van der Waals surface area contributed by atoms with E-state index < -0.39 is 7.25 Å². The van der Waals surface area contributed by atoms with Crippen LogP contribution in [0.25, 0.3) is 0 Å². The van der Waals surface area contributed by atoms with E-state index in [-0.39, 0.29) is 24.1 Å². The molecule has 0 radical (unpaired) electrons. The lowest BCUT2D eigenvalue weighted by Gasteiger charge is -2.06. The molecule has 0 saturated heterocycles. The van der Waals surface area contributed by atoms with Crippen LogP contribution in [-0.4, -0.2) is 42.2 Å². The molecule has 0 bridgehead atoms. The Bertz CT molecular complexity index is 350. The van der Waals surface area contributed by atoms with Crippen molar-refractivity contribution in [2.45, 2.75) is 10.6 Å². The Morgan fingerprint density at radius 2 is 1.35 bits per heavy atom. The van der Waals surface area contributed by atoms with Gasteiger partial charge in [0, 0.05) is 10.5 Å². The summed E-state index contributed by atoms with van der Waals surface area (Å²) < 4.78 is 39.0. The van der Waals surface area contributed by atoms with Gasteiger partial charge in [-0.3, -0.25) is 0 Å². The van der Waals surface area contributed by atoms with Crippen molar-refractivity contribution in [1.29, 1.82) is 0 Å². The van der Waals surface area contributed by atoms with Crippen LogP contribution in [0.3, 0.4) is 0 Å². The largest absolute Gasteiger partial charge is 0.673 e. The van der Waals surface area contributed by atoms with E-state index in [0.29, 0.717) is 0 Å². The van der Waals surface area contributed by atoms with Gasteiger partial charge >= 0.3 is 7.25 Å². The van der Waals surface area contributed by atoms with Gasteiger partial charge in [0.2, 0.25) is 0 Å². The summed E-state index contributed by atoms with van der Waals surface area (Å²) in [5, 5.41) is 17.8. The molecule has 0 heterocycles. The van der Waals surface area contributed by atoms with Gasteiger partial charge in [-0.1, -0.05) is 12.1 Å². The summed E-state index contributed by atoms with van der Waals surface area (Å²) in [6.45, 7) is 0.404. The van der Waals surface area contributed by atoms with Gasteiger partial charge < -0.3 is 27.5 Å². The Hall–Kier alpha value is -0.375. The molecular weight excluding hydrogens is 315 g/mol. The minimum absolute atomic E-state index is 0.0929. The summed E-state index contributed by atoms with van der Waals surface area (Å²) in [5.74, 6) is 2.50. The lowest BCUT2D eigenvalue weighted by atomic mass is 10.2. The molecule has 1 rings (SSSR count). The number of hydrogen-bond acceptors (Lipinski definition) is 3. The van der Waals surface area contributed by atoms with Crippen LogP contribution in [0.15, 0.2) is 29.2 Å². The van der Waals surface area contributed by atoms with Crippen molar-refractivity contribution in [3.05, 3.63) is 29.8 Å². The van der Waals surface area contributed by atoms with Gasteiger partial charge in [-0.15, -0.1) is 12.6 Å². The molecule has 0 aliphatic rings. The molecular formula is C11H17BF4O2S2. The summed E-state index contributed by atoms with van der Waals surface area (Å²) in [6, 6.07) is 8.05. The molecule has 1 aromatic rings. The van der Waals surface area contributed by atoms with Crippen LogP contribution in [0.4, 0.5) is 17.3 Å². The average Bonchev–Trinajstić information content (AvgIpc) is 2.31. The Morgan fingerprint density at radius 1 is 0.950 bits per heavy atom. The van der Waals surface area contributed by atoms with E-state index in [1.807, 2.05) is 12.1 Å². The molecule has 2 nitrogen and oxygen atoms in total. The summed E-state index contributed by atoms with van der Waals surface area (Å²) in [5.41, 5.74) is 1.25. The maximum atomic E-state index is 9.75. The first-order valence-corrected chi connectivity index (χ1v) is 7.95. The molecule has 116 valence electrons. The first-order valence-electron chi connectivity index (χ1n) is 5.77. The topological polar surface area (TPSA) is 40.5 Å². The molecule has 0 aliphatic heterocycles. The van der Waals surface area contributed by atoms with Gasteiger partial charge in [0.15, 0.2) is 0 Å². The van der Waals surface area contributed by atoms with Gasteiger partial charge in [-0.2, -0.15) is 0 Å². The molecule has 0 amide bonds. The number of rotatable bonds is 6. The van der Waals surface area contributed by atoms with E-state index in [0.717, 1.165) is 22.2 Å². The first kappa shape index (κ1) is 19.6. The van der Waals surface area contributed by atoms with Gasteiger partial charge in [0.1, 0.15) is 17.3 Å². The predicted octanol–water partition coefficient (Wildman–Crippen LogP) is 2.38. The summed E-state index contributed by atoms with van der Waals surface area (Å²) in [4.78, 5) is 0.961. The number of aliphatic hydroxyl groups excluding tert-OH is 2. The minimum atomic E-state index is -6.00. The molecule has 2 N–H and O–H groups in total. The number of aliphatic hydroxyl groups is 2. The van der Waals surface area contributed by atoms with E-state index in [4.69, 9.17) is 10.2 Å². The fourth-order valence-corrected chi connectivity index (χ4v) is 3.15. The van der Waals surface area contributed by atoms with Crippen molar-refractivity contribution in [3.8, 4) is 0 Å². The lowest BCUT2D eigenvalue weighted by Crippen LogP contribution is -2.19. The van der Waals surface area contributed by atoms with E-state index in [1.54, 1.807) is 0 Å². The van der Waals surface area contributed by atoms with Crippen LogP contribution in [0.1, 0.15) is 5.56 Å². The smallest absolute Gasteiger partial charge is 0.418 e. The Morgan fingerprint density at radius 3 is 1.70 bits per heavy atom. The second-order valence-corrected chi connectivity index (χ2v) is 6.62. The zero-order valence-electron chi connectivity index (χ0n) is 10.7. The van der Waals surface area contributed by atoms with Crippen molar-refractivity contribution in [2.75, 3.05) is 24.7 Å². The second kappa shape index (κ2) is 10.4. The molecule has 0 atom stereocenters. The molecule has 0 aromatic heterocycles. The molecule has 1 aromatic carbocycles. The maximum absolute atomic E-state index is 9.75.